The van der Waals surface area contributed by atoms with E-state index in [0.29, 0.717) is 13.0 Å². The number of rotatable bonds is 7. The molecule has 2 amide bonds. The summed E-state index contributed by atoms with van der Waals surface area (Å²) in [6.45, 7) is 4.51. The van der Waals surface area contributed by atoms with Crippen LogP contribution in [0.4, 0.5) is 0 Å². The second-order valence-electron chi connectivity index (χ2n) is 5.56. The van der Waals surface area contributed by atoms with Gasteiger partial charge in [0.1, 0.15) is 5.82 Å². The molecule has 7 nitrogen and oxygen atoms in total. The molecule has 0 saturated heterocycles. The molecule has 0 aliphatic carbocycles. The first kappa shape index (κ1) is 17.0. The zero-order chi connectivity index (χ0) is 16.8. The van der Waals surface area contributed by atoms with Crippen molar-refractivity contribution < 1.29 is 9.59 Å². The zero-order valence-electron chi connectivity index (χ0n) is 13.5. The van der Waals surface area contributed by atoms with Crippen LogP contribution in [0.1, 0.15) is 25.7 Å². The third-order valence-corrected chi connectivity index (χ3v) is 3.49. The number of aromatic nitrogens is 2. The molecular formula is C16H23N5O2. The van der Waals surface area contributed by atoms with Gasteiger partial charge in [-0.15, -0.1) is 0 Å². The maximum Gasteiger partial charge on any atom is 0.239 e. The first-order chi connectivity index (χ1) is 11.0. The number of carbonyl (C=O) groups is 2. The van der Waals surface area contributed by atoms with E-state index in [9.17, 15) is 9.59 Å². The van der Waals surface area contributed by atoms with Crippen molar-refractivity contribution in [3.63, 3.8) is 0 Å². The summed E-state index contributed by atoms with van der Waals surface area (Å²) < 4.78 is 2.18. The minimum atomic E-state index is -0.346. The Balaban J connectivity index is 1.96. The monoisotopic (exact) mass is 317 g/mol. The number of nitrogens with zero attached hydrogens (tertiary/aromatic N) is 2. The van der Waals surface area contributed by atoms with Gasteiger partial charge < -0.3 is 20.9 Å². The van der Waals surface area contributed by atoms with Gasteiger partial charge in [-0.25, -0.2) is 4.98 Å². The van der Waals surface area contributed by atoms with Crippen LogP contribution in [0.3, 0.4) is 0 Å². The van der Waals surface area contributed by atoms with Gasteiger partial charge in [0, 0.05) is 19.0 Å². The Morgan fingerprint density at radius 2 is 1.96 bits per heavy atom. The van der Waals surface area contributed by atoms with Crippen molar-refractivity contribution in [2.45, 2.75) is 26.3 Å². The quantitative estimate of drug-likeness (QED) is 0.686. The van der Waals surface area contributed by atoms with Gasteiger partial charge in [0.2, 0.25) is 11.8 Å². The number of hydrogen-bond acceptors (Lipinski definition) is 4. The minimum Gasteiger partial charge on any atom is -0.354 e. The summed E-state index contributed by atoms with van der Waals surface area (Å²) in [4.78, 5) is 27.3. The average molecular weight is 317 g/mol. The van der Waals surface area contributed by atoms with Crippen LogP contribution in [-0.2, 0) is 16.0 Å². The third kappa shape index (κ3) is 4.29. The van der Waals surface area contributed by atoms with Gasteiger partial charge in [0.05, 0.1) is 24.1 Å². The number of hydrogen-bond donors (Lipinski definition) is 3. The third-order valence-electron chi connectivity index (χ3n) is 3.49. The lowest BCUT2D eigenvalue weighted by atomic mass is 10.3. The molecule has 0 radical (unpaired) electrons. The topological polar surface area (TPSA) is 102 Å². The molecule has 4 N–H and O–H groups in total. The van der Waals surface area contributed by atoms with Crippen LogP contribution in [-0.4, -0.2) is 41.0 Å². The zero-order valence-corrected chi connectivity index (χ0v) is 13.5. The van der Waals surface area contributed by atoms with Crippen LogP contribution in [0.15, 0.2) is 24.3 Å². The van der Waals surface area contributed by atoms with E-state index in [-0.39, 0.29) is 30.9 Å². The van der Waals surface area contributed by atoms with E-state index in [1.807, 2.05) is 24.3 Å². The maximum absolute atomic E-state index is 11.7. The highest BCUT2D eigenvalue weighted by Crippen LogP contribution is 2.20. The van der Waals surface area contributed by atoms with Crippen molar-refractivity contribution >= 4 is 22.8 Å². The molecule has 0 saturated carbocycles. The lowest BCUT2D eigenvalue weighted by Gasteiger charge is -2.13. The molecule has 2 rings (SSSR count). The minimum absolute atomic E-state index is 0.0589. The Morgan fingerprint density at radius 3 is 2.65 bits per heavy atom. The highest BCUT2D eigenvalue weighted by molar-refractivity contribution is 5.85. The van der Waals surface area contributed by atoms with Gasteiger partial charge in [-0.05, 0) is 26.0 Å². The van der Waals surface area contributed by atoms with E-state index >= 15 is 0 Å². The summed E-state index contributed by atoms with van der Waals surface area (Å²) in [5, 5.41) is 5.21. The molecule has 1 aromatic carbocycles. The summed E-state index contributed by atoms with van der Waals surface area (Å²) in [7, 11) is 0. The second-order valence-corrected chi connectivity index (χ2v) is 5.56. The molecular weight excluding hydrogens is 294 g/mol. The summed E-state index contributed by atoms with van der Waals surface area (Å²) in [6.07, 6.45) is 0.628. The predicted octanol–water partition coefficient (Wildman–Crippen LogP) is 0.351. The Morgan fingerprint density at radius 1 is 1.22 bits per heavy atom. The van der Waals surface area contributed by atoms with Crippen LogP contribution in [0, 0.1) is 0 Å². The molecule has 0 spiro atoms. The largest absolute Gasteiger partial charge is 0.354 e. The molecule has 1 heterocycles. The fourth-order valence-electron chi connectivity index (χ4n) is 2.47. The van der Waals surface area contributed by atoms with Crippen LogP contribution in [0.25, 0.3) is 11.0 Å². The normalized spacial score (nSPS) is 11.0. The highest BCUT2D eigenvalue weighted by atomic mass is 16.2. The number of benzene rings is 1. The Hall–Kier alpha value is -2.41. The lowest BCUT2D eigenvalue weighted by molar-refractivity contribution is -0.125. The number of fused-ring (bicyclic) bond motifs is 1. The molecule has 23 heavy (non-hydrogen) atoms. The Bertz CT molecular complexity index is 693. The van der Waals surface area contributed by atoms with Crippen molar-refractivity contribution in [2.75, 3.05) is 19.6 Å². The maximum atomic E-state index is 11.7. The van der Waals surface area contributed by atoms with Gasteiger partial charge in [-0.3, -0.25) is 9.59 Å². The number of nitrogens with two attached hydrogens (primary N) is 1. The molecule has 0 aliphatic heterocycles. The highest BCUT2D eigenvalue weighted by Gasteiger charge is 2.13. The van der Waals surface area contributed by atoms with Crippen molar-refractivity contribution in [2.24, 2.45) is 5.73 Å². The number of carbonyl (C=O) groups excluding carboxylic acids is 2. The second kappa shape index (κ2) is 7.73. The van der Waals surface area contributed by atoms with Gasteiger partial charge in [0.25, 0.3) is 0 Å². The summed E-state index contributed by atoms with van der Waals surface area (Å²) in [5.41, 5.74) is 7.21. The molecule has 0 fully saturated rings. The number of amides is 2. The van der Waals surface area contributed by atoms with E-state index in [0.717, 1.165) is 16.9 Å². The molecule has 0 atom stereocenters. The fraction of sp³-hybridized carbons (Fsp3) is 0.438. The molecule has 0 bridgehead atoms. The Kier molecular flexibility index (Phi) is 5.70. The molecule has 2 aromatic rings. The summed E-state index contributed by atoms with van der Waals surface area (Å²) in [5.74, 6) is 0.355. The van der Waals surface area contributed by atoms with Gasteiger partial charge in [0.15, 0.2) is 0 Å². The van der Waals surface area contributed by atoms with Crippen molar-refractivity contribution in [1.82, 2.24) is 20.2 Å². The van der Waals surface area contributed by atoms with E-state index in [4.69, 9.17) is 5.73 Å². The van der Waals surface area contributed by atoms with Crippen LogP contribution in [0.2, 0.25) is 0 Å². The van der Waals surface area contributed by atoms with E-state index in [2.05, 4.69) is 34.0 Å². The summed E-state index contributed by atoms with van der Waals surface area (Å²) in [6, 6.07) is 8.28. The number of imidazole rings is 1. The smallest absolute Gasteiger partial charge is 0.239 e. The Labute approximate surface area is 135 Å². The first-order valence-electron chi connectivity index (χ1n) is 7.72. The molecule has 124 valence electrons. The SMILES string of the molecule is CC(C)n1c(CCNC(=O)CNC(=O)CN)nc2ccccc21. The van der Waals surface area contributed by atoms with E-state index in [1.54, 1.807) is 0 Å². The standard InChI is InChI=1S/C16H23N5O2/c1-11(2)21-13-6-4-3-5-12(13)20-14(21)7-8-18-16(23)10-19-15(22)9-17/h3-6,11H,7-10,17H2,1-2H3,(H,18,23)(H,19,22). The molecule has 0 aliphatic rings. The van der Waals surface area contributed by atoms with Crippen molar-refractivity contribution in [1.29, 1.82) is 0 Å². The van der Waals surface area contributed by atoms with Crippen molar-refractivity contribution in [3.8, 4) is 0 Å². The van der Waals surface area contributed by atoms with Crippen LogP contribution in [0.5, 0.6) is 0 Å². The van der Waals surface area contributed by atoms with E-state index in [1.165, 1.54) is 0 Å². The number of nitrogens with one attached hydrogen (secondary N) is 2. The van der Waals surface area contributed by atoms with Crippen molar-refractivity contribution in [3.05, 3.63) is 30.1 Å². The van der Waals surface area contributed by atoms with Gasteiger partial charge >= 0.3 is 0 Å². The van der Waals surface area contributed by atoms with Gasteiger partial charge in [-0.2, -0.15) is 0 Å². The average Bonchev–Trinajstić information content (AvgIpc) is 2.90. The predicted molar refractivity (Wildman–Crippen MR) is 88.9 cm³/mol. The summed E-state index contributed by atoms with van der Waals surface area (Å²) >= 11 is 0. The molecule has 0 unspecified atom stereocenters. The lowest BCUT2D eigenvalue weighted by Crippen LogP contribution is -2.40. The molecule has 1 aromatic heterocycles. The first-order valence-corrected chi connectivity index (χ1v) is 7.72. The van der Waals surface area contributed by atoms with Crippen LogP contribution >= 0.6 is 0 Å². The van der Waals surface area contributed by atoms with E-state index < -0.39 is 0 Å². The molecule has 7 heteroatoms. The number of para-hydroxylation sites is 2. The fourth-order valence-corrected chi connectivity index (χ4v) is 2.47. The van der Waals surface area contributed by atoms with Crippen LogP contribution < -0.4 is 16.4 Å². The van der Waals surface area contributed by atoms with Gasteiger partial charge in [-0.1, -0.05) is 12.1 Å².